The van der Waals surface area contributed by atoms with Crippen LogP contribution in [0.2, 0.25) is 0 Å². The number of furan rings is 1. The Morgan fingerprint density at radius 2 is 1.17 bits per heavy atom. The average molecular weight is 339 g/mol. The molecule has 1 heterocycles. The Hall–Kier alpha value is -0.800. The molecule has 0 amide bonds. The number of rotatable bonds is 9. The molecule has 1 aromatic rings. The van der Waals surface area contributed by atoms with Crippen LogP contribution in [-0.2, 0) is 10.8 Å². The van der Waals surface area contributed by atoms with Gasteiger partial charge in [0.25, 0.3) is 0 Å². The summed E-state index contributed by atoms with van der Waals surface area (Å²) in [7, 11) is 0. The molecule has 0 saturated heterocycles. The van der Waals surface area contributed by atoms with Crippen LogP contribution in [0.15, 0.2) is 16.5 Å². The van der Waals surface area contributed by atoms with Gasteiger partial charge in [0.05, 0.1) is 0 Å². The molecule has 1 rings (SSSR count). The van der Waals surface area contributed by atoms with Gasteiger partial charge in [-0.2, -0.15) is 0 Å². The fourth-order valence-corrected chi connectivity index (χ4v) is 4.08. The van der Waals surface area contributed by atoms with E-state index in [-0.39, 0.29) is 34.9 Å². The van der Waals surface area contributed by atoms with Crippen LogP contribution in [0.4, 0.5) is 0 Å². The largest absolute Gasteiger partial charge is 0.465 e. The fraction of sp³-hybridized carbons (Fsp3) is 0.810. The van der Waals surface area contributed by atoms with Crippen molar-refractivity contribution in [3.05, 3.63) is 23.7 Å². The molecule has 3 heteroatoms. The minimum absolute atomic E-state index is 0.0690. The molecule has 0 aromatic carbocycles. The van der Waals surface area contributed by atoms with Crippen molar-refractivity contribution in [2.75, 3.05) is 13.2 Å². The lowest BCUT2D eigenvalue weighted by Crippen LogP contribution is -2.29. The molecule has 24 heavy (non-hydrogen) atoms. The zero-order valence-electron chi connectivity index (χ0n) is 17.0. The van der Waals surface area contributed by atoms with Crippen LogP contribution in [0.3, 0.4) is 0 Å². The van der Waals surface area contributed by atoms with E-state index in [0.29, 0.717) is 0 Å². The van der Waals surface area contributed by atoms with Crippen LogP contribution < -0.4 is 0 Å². The molecule has 1 aromatic heterocycles. The Bertz CT molecular complexity index is 521. The molecule has 140 valence electrons. The zero-order chi connectivity index (χ0) is 18.8. The molecule has 0 spiro atoms. The number of hydrogen-bond donors (Lipinski definition) is 2. The Balaban J connectivity index is 2.98. The molecule has 0 fully saturated rings. The normalized spacial score (nSPS) is 14.2. The topological polar surface area (TPSA) is 53.6 Å². The molecule has 0 aliphatic heterocycles. The number of aliphatic hydroxyl groups excluding tert-OH is 2. The second kappa shape index (κ2) is 7.21. The summed E-state index contributed by atoms with van der Waals surface area (Å²) in [5.41, 5.74) is -0.268. The zero-order valence-corrected chi connectivity index (χ0v) is 17.0. The molecule has 0 aliphatic rings. The van der Waals surface area contributed by atoms with Crippen molar-refractivity contribution in [1.82, 2.24) is 0 Å². The lowest BCUT2D eigenvalue weighted by atomic mass is 9.72. The van der Waals surface area contributed by atoms with Crippen molar-refractivity contribution in [1.29, 1.82) is 0 Å². The number of aliphatic hydroxyl groups is 2. The molecular formula is C21H38O3. The molecule has 3 nitrogen and oxygen atoms in total. The van der Waals surface area contributed by atoms with Crippen molar-refractivity contribution < 1.29 is 14.6 Å². The van der Waals surface area contributed by atoms with Crippen molar-refractivity contribution in [2.45, 2.75) is 85.5 Å². The van der Waals surface area contributed by atoms with E-state index in [1.807, 2.05) is 0 Å². The van der Waals surface area contributed by atoms with E-state index < -0.39 is 0 Å². The maximum absolute atomic E-state index is 9.57. The highest BCUT2D eigenvalue weighted by Gasteiger charge is 2.36. The third-order valence-corrected chi connectivity index (χ3v) is 5.00. The van der Waals surface area contributed by atoms with Crippen LogP contribution in [0, 0.1) is 10.8 Å². The van der Waals surface area contributed by atoms with E-state index in [1.165, 1.54) is 0 Å². The second-order valence-electron chi connectivity index (χ2n) is 10.2. The van der Waals surface area contributed by atoms with E-state index in [1.54, 1.807) is 0 Å². The summed E-state index contributed by atoms with van der Waals surface area (Å²) >= 11 is 0. The summed E-state index contributed by atoms with van der Waals surface area (Å²) in [6, 6.07) is 4.18. The van der Waals surface area contributed by atoms with Crippen molar-refractivity contribution in [3.63, 3.8) is 0 Å². The second-order valence-corrected chi connectivity index (χ2v) is 10.2. The molecule has 2 N–H and O–H groups in total. The van der Waals surface area contributed by atoms with E-state index in [4.69, 9.17) is 4.42 Å². The Morgan fingerprint density at radius 3 is 1.54 bits per heavy atom. The molecule has 0 radical (unpaired) electrons. The maximum atomic E-state index is 9.57. The van der Waals surface area contributed by atoms with Gasteiger partial charge in [-0.3, -0.25) is 0 Å². The molecule has 0 atom stereocenters. The first-order valence-electron chi connectivity index (χ1n) is 9.07. The SMILES string of the molecule is CC(C)(CO)CC(C)(C)c1ccc(C(C)(C)CC(C)(C)CCO)o1. The molecule has 0 bridgehead atoms. The average Bonchev–Trinajstić information content (AvgIpc) is 2.87. The van der Waals surface area contributed by atoms with Gasteiger partial charge in [-0.1, -0.05) is 55.4 Å². The van der Waals surface area contributed by atoms with E-state index in [2.05, 4.69) is 67.5 Å². The van der Waals surface area contributed by atoms with Crippen molar-refractivity contribution >= 4 is 0 Å². The quantitative estimate of drug-likeness (QED) is 0.663. The lowest BCUT2D eigenvalue weighted by Gasteiger charge is -2.34. The van der Waals surface area contributed by atoms with Gasteiger partial charge in [-0.15, -0.1) is 0 Å². The first-order chi connectivity index (χ1) is 10.7. The van der Waals surface area contributed by atoms with E-state index in [9.17, 15) is 10.2 Å². The Labute approximate surface area is 148 Å². The first-order valence-corrected chi connectivity index (χ1v) is 9.07. The molecule has 0 unspecified atom stereocenters. The van der Waals surface area contributed by atoms with Crippen LogP contribution in [0.5, 0.6) is 0 Å². The maximum Gasteiger partial charge on any atom is 0.109 e. The van der Waals surface area contributed by atoms with Crippen LogP contribution >= 0.6 is 0 Å². The summed E-state index contributed by atoms with van der Waals surface area (Å²) < 4.78 is 6.28. The Morgan fingerprint density at radius 1 is 0.750 bits per heavy atom. The summed E-state index contributed by atoms with van der Waals surface area (Å²) in [6.07, 6.45) is 2.61. The highest BCUT2D eigenvalue weighted by atomic mass is 16.3. The van der Waals surface area contributed by atoms with Crippen LogP contribution in [-0.4, -0.2) is 23.4 Å². The summed E-state index contributed by atoms with van der Waals surface area (Å²) in [6.45, 7) is 17.7. The monoisotopic (exact) mass is 338 g/mol. The summed E-state index contributed by atoms with van der Waals surface area (Å²) in [5.74, 6) is 1.98. The van der Waals surface area contributed by atoms with Crippen LogP contribution in [0.25, 0.3) is 0 Å². The van der Waals surface area contributed by atoms with Crippen molar-refractivity contribution in [2.24, 2.45) is 10.8 Å². The third kappa shape index (κ3) is 5.63. The van der Waals surface area contributed by atoms with Gasteiger partial charge in [0, 0.05) is 24.0 Å². The van der Waals surface area contributed by atoms with Gasteiger partial charge < -0.3 is 14.6 Å². The van der Waals surface area contributed by atoms with Gasteiger partial charge in [0.1, 0.15) is 11.5 Å². The Kier molecular flexibility index (Phi) is 6.38. The van der Waals surface area contributed by atoms with E-state index >= 15 is 0 Å². The van der Waals surface area contributed by atoms with Gasteiger partial charge in [-0.25, -0.2) is 0 Å². The minimum atomic E-state index is -0.130. The molecule has 0 aliphatic carbocycles. The smallest absolute Gasteiger partial charge is 0.109 e. The van der Waals surface area contributed by atoms with Gasteiger partial charge in [0.15, 0.2) is 0 Å². The third-order valence-electron chi connectivity index (χ3n) is 5.00. The standard InChI is InChI=1S/C21H38O3/c1-18(2,11-12-22)13-20(5,6)16-9-10-17(24-16)21(7,8)14-19(3,4)15-23/h9-10,22-23H,11-15H2,1-8H3. The predicted octanol–water partition coefficient (Wildman–Crippen LogP) is 5.04. The van der Waals surface area contributed by atoms with Crippen molar-refractivity contribution in [3.8, 4) is 0 Å². The van der Waals surface area contributed by atoms with Gasteiger partial charge >= 0.3 is 0 Å². The lowest BCUT2D eigenvalue weighted by molar-refractivity contribution is 0.118. The summed E-state index contributed by atoms with van der Waals surface area (Å²) in [4.78, 5) is 0. The summed E-state index contributed by atoms with van der Waals surface area (Å²) in [5, 5.41) is 18.8. The fourth-order valence-electron chi connectivity index (χ4n) is 4.08. The van der Waals surface area contributed by atoms with Crippen LogP contribution in [0.1, 0.15) is 86.2 Å². The predicted molar refractivity (Wildman–Crippen MR) is 100 cm³/mol. The van der Waals surface area contributed by atoms with E-state index in [0.717, 1.165) is 30.8 Å². The van der Waals surface area contributed by atoms with Gasteiger partial charge in [-0.05, 0) is 42.2 Å². The molecular weight excluding hydrogens is 300 g/mol. The first kappa shape index (κ1) is 21.2. The number of hydrogen-bond acceptors (Lipinski definition) is 3. The molecule has 0 saturated carbocycles. The highest BCUT2D eigenvalue weighted by Crippen LogP contribution is 2.42. The highest BCUT2D eigenvalue weighted by molar-refractivity contribution is 5.21. The van der Waals surface area contributed by atoms with Gasteiger partial charge in [0.2, 0.25) is 0 Å². The minimum Gasteiger partial charge on any atom is -0.465 e.